The first-order valence-corrected chi connectivity index (χ1v) is 11.5. The molecule has 0 spiro atoms. The lowest BCUT2D eigenvalue weighted by molar-refractivity contribution is -0.384. The van der Waals surface area contributed by atoms with Gasteiger partial charge in [0.05, 0.1) is 20.1 Å². The van der Waals surface area contributed by atoms with E-state index in [9.17, 15) is 10.1 Å². The van der Waals surface area contributed by atoms with E-state index in [0.717, 1.165) is 48.3 Å². The van der Waals surface area contributed by atoms with E-state index in [4.69, 9.17) is 4.98 Å². The maximum absolute atomic E-state index is 11.3. The number of unbranched alkanes of at least 4 members (excludes halogenated alkanes) is 1. The van der Waals surface area contributed by atoms with Gasteiger partial charge in [-0.3, -0.25) is 10.1 Å². The average Bonchev–Trinajstić information content (AvgIpc) is 3.24. The molecule has 2 aromatic carbocycles. The Labute approximate surface area is 190 Å². The van der Waals surface area contributed by atoms with E-state index in [1.807, 2.05) is 24.3 Å². The molecule has 32 heavy (non-hydrogen) atoms. The van der Waals surface area contributed by atoms with Gasteiger partial charge in [0.15, 0.2) is 0 Å². The van der Waals surface area contributed by atoms with Crippen LogP contribution in [-0.4, -0.2) is 21.4 Å². The fourth-order valence-corrected chi connectivity index (χ4v) is 5.09. The van der Waals surface area contributed by atoms with Crippen LogP contribution in [0.2, 0.25) is 0 Å². The second kappa shape index (κ2) is 8.88. The van der Waals surface area contributed by atoms with Gasteiger partial charge in [-0.1, -0.05) is 24.3 Å². The van der Waals surface area contributed by atoms with Gasteiger partial charge in [-0.25, -0.2) is 9.97 Å². The Bertz CT molecular complexity index is 1280. The van der Waals surface area contributed by atoms with Crippen LogP contribution >= 0.6 is 11.3 Å². The monoisotopic (exact) mass is 442 g/mol. The minimum absolute atomic E-state index is 0.0897. The van der Waals surface area contributed by atoms with E-state index in [0.29, 0.717) is 6.54 Å². The number of rotatable bonds is 7. The van der Waals surface area contributed by atoms with Gasteiger partial charge in [-0.05, 0) is 61.6 Å². The molecule has 2 aromatic heterocycles. The number of nitro benzene ring substituents is 1. The summed E-state index contributed by atoms with van der Waals surface area (Å²) in [6.07, 6.45) is 8.09. The highest BCUT2D eigenvalue weighted by molar-refractivity contribution is 7.18. The van der Waals surface area contributed by atoms with Crippen molar-refractivity contribution < 1.29 is 4.92 Å². The van der Waals surface area contributed by atoms with Gasteiger partial charge in [0, 0.05) is 36.1 Å². The van der Waals surface area contributed by atoms with E-state index >= 15 is 0 Å². The summed E-state index contributed by atoms with van der Waals surface area (Å²) >= 11 is 1.78. The van der Waals surface area contributed by atoms with Crippen molar-refractivity contribution in [3.05, 3.63) is 93.1 Å². The summed E-state index contributed by atoms with van der Waals surface area (Å²) < 4.78 is 1.24. The second-order valence-electron chi connectivity index (χ2n) is 7.86. The number of aromatic nitrogens is 2. The standard InChI is InChI=1S/C25H22N4O2S/c30-29(31)21-10-5-9-20(16-21)28-17-18(15-19-8-6-14-26-25(19)28)7-1-4-13-24-27-22-11-2-3-12-23(22)32-24/h2-3,5-6,8-12,14-16H,1,4,7,13,17H2. The highest BCUT2D eigenvalue weighted by atomic mass is 32.1. The molecule has 0 unspecified atom stereocenters. The average molecular weight is 443 g/mol. The highest BCUT2D eigenvalue weighted by Crippen LogP contribution is 2.35. The summed E-state index contributed by atoms with van der Waals surface area (Å²) in [5, 5.41) is 12.4. The van der Waals surface area contributed by atoms with Crippen molar-refractivity contribution >= 4 is 44.8 Å². The molecule has 0 bridgehead atoms. The van der Waals surface area contributed by atoms with Crippen LogP contribution in [0.15, 0.2) is 72.4 Å². The number of nitrogens with zero attached hydrogens (tertiary/aromatic N) is 4. The normalized spacial score (nSPS) is 13.1. The molecule has 0 N–H and O–H groups in total. The quantitative estimate of drug-likeness (QED) is 0.184. The number of fused-ring (bicyclic) bond motifs is 2. The van der Waals surface area contributed by atoms with Crippen LogP contribution in [0.5, 0.6) is 0 Å². The largest absolute Gasteiger partial charge is 0.322 e. The van der Waals surface area contributed by atoms with Crippen LogP contribution < -0.4 is 4.90 Å². The SMILES string of the molecule is O=[N+]([O-])c1cccc(N2CC(CCCCc3nc4ccccc4s3)=Cc3cccnc32)c1. The zero-order chi connectivity index (χ0) is 21.9. The molecule has 0 radical (unpaired) electrons. The number of benzene rings is 2. The first kappa shape index (κ1) is 20.3. The van der Waals surface area contributed by atoms with Crippen molar-refractivity contribution in [3.63, 3.8) is 0 Å². The number of hydrogen-bond donors (Lipinski definition) is 0. The molecule has 0 saturated heterocycles. The molecule has 5 rings (SSSR count). The Morgan fingerprint density at radius 1 is 1.03 bits per heavy atom. The number of hydrogen-bond acceptors (Lipinski definition) is 6. The molecule has 0 fully saturated rings. The van der Waals surface area contributed by atoms with Crippen molar-refractivity contribution in [2.45, 2.75) is 25.7 Å². The number of thiazole rings is 1. The zero-order valence-electron chi connectivity index (χ0n) is 17.5. The highest BCUT2D eigenvalue weighted by Gasteiger charge is 2.21. The van der Waals surface area contributed by atoms with Crippen LogP contribution in [0.3, 0.4) is 0 Å². The van der Waals surface area contributed by atoms with Crippen LogP contribution in [0.1, 0.15) is 29.8 Å². The van der Waals surface area contributed by atoms with E-state index in [1.54, 1.807) is 29.7 Å². The molecule has 0 amide bonds. The van der Waals surface area contributed by atoms with Crippen molar-refractivity contribution in [2.75, 3.05) is 11.4 Å². The van der Waals surface area contributed by atoms with E-state index < -0.39 is 0 Å². The van der Waals surface area contributed by atoms with Crippen molar-refractivity contribution in [2.24, 2.45) is 0 Å². The lowest BCUT2D eigenvalue weighted by Crippen LogP contribution is -2.25. The summed E-state index contributed by atoms with van der Waals surface area (Å²) in [7, 11) is 0. The molecule has 4 aromatic rings. The Morgan fingerprint density at radius 2 is 1.91 bits per heavy atom. The second-order valence-corrected chi connectivity index (χ2v) is 8.98. The molecule has 7 heteroatoms. The van der Waals surface area contributed by atoms with Crippen molar-refractivity contribution in [1.82, 2.24) is 9.97 Å². The summed E-state index contributed by atoms with van der Waals surface area (Å²) in [6.45, 7) is 0.687. The van der Waals surface area contributed by atoms with E-state index in [-0.39, 0.29) is 10.6 Å². The van der Waals surface area contributed by atoms with Gasteiger partial charge < -0.3 is 4.90 Å². The fraction of sp³-hybridized carbons (Fsp3) is 0.200. The molecule has 6 nitrogen and oxygen atoms in total. The smallest absolute Gasteiger partial charge is 0.271 e. The topological polar surface area (TPSA) is 72.2 Å². The number of anilines is 2. The molecule has 1 aliphatic heterocycles. The minimum atomic E-state index is -0.356. The number of para-hydroxylation sites is 1. The van der Waals surface area contributed by atoms with Crippen LogP contribution in [0, 0.1) is 10.1 Å². The van der Waals surface area contributed by atoms with Gasteiger partial charge in [-0.2, -0.15) is 0 Å². The predicted molar refractivity (Wildman–Crippen MR) is 129 cm³/mol. The first-order chi connectivity index (χ1) is 15.7. The third kappa shape index (κ3) is 4.24. The van der Waals surface area contributed by atoms with Gasteiger partial charge in [0.2, 0.25) is 0 Å². The van der Waals surface area contributed by atoms with Crippen molar-refractivity contribution in [3.8, 4) is 0 Å². The zero-order valence-corrected chi connectivity index (χ0v) is 18.3. The molecule has 1 aliphatic rings. The lowest BCUT2D eigenvalue weighted by atomic mass is 10.00. The summed E-state index contributed by atoms with van der Waals surface area (Å²) in [6, 6.07) is 19.0. The first-order valence-electron chi connectivity index (χ1n) is 10.7. The molecular weight excluding hydrogens is 420 g/mol. The van der Waals surface area contributed by atoms with Gasteiger partial charge in [0.25, 0.3) is 5.69 Å². The summed E-state index contributed by atoms with van der Waals surface area (Å²) in [4.78, 5) is 22.2. The van der Waals surface area contributed by atoms with Crippen LogP contribution in [-0.2, 0) is 6.42 Å². The fourth-order valence-electron chi connectivity index (χ4n) is 4.09. The Kier molecular flexibility index (Phi) is 5.64. The van der Waals surface area contributed by atoms with Crippen LogP contribution in [0.4, 0.5) is 17.2 Å². The molecule has 0 atom stereocenters. The number of nitro groups is 1. The Morgan fingerprint density at radius 3 is 2.78 bits per heavy atom. The maximum Gasteiger partial charge on any atom is 0.271 e. The molecule has 160 valence electrons. The Balaban J connectivity index is 1.28. The molecule has 0 aliphatic carbocycles. The predicted octanol–water partition coefficient (Wildman–Crippen LogP) is 6.55. The molecule has 0 saturated carbocycles. The van der Waals surface area contributed by atoms with E-state index in [2.05, 4.69) is 34.2 Å². The van der Waals surface area contributed by atoms with Gasteiger partial charge in [-0.15, -0.1) is 11.3 Å². The van der Waals surface area contributed by atoms with Gasteiger partial charge >= 0.3 is 0 Å². The number of aryl methyl sites for hydroxylation is 1. The van der Waals surface area contributed by atoms with E-state index in [1.165, 1.54) is 21.3 Å². The summed E-state index contributed by atoms with van der Waals surface area (Å²) in [5.74, 6) is 0.839. The minimum Gasteiger partial charge on any atom is -0.322 e. The Hall–Kier alpha value is -3.58. The van der Waals surface area contributed by atoms with Crippen molar-refractivity contribution in [1.29, 1.82) is 0 Å². The number of non-ortho nitro benzene ring substituents is 1. The van der Waals surface area contributed by atoms with Crippen LogP contribution in [0.25, 0.3) is 16.3 Å². The molecule has 3 heterocycles. The third-order valence-electron chi connectivity index (χ3n) is 5.62. The summed E-state index contributed by atoms with van der Waals surface area (Å²) in [5.41, 5.74) is 4.32. The maximum atomic E-state index is 11.3. The lowest BCUT2D eigenvalue weighted by Gasteiger charge is -2.30. The third-order valence-corrected chi connectivity index (χ3v) is 6.72. The number of pyridine rings is 1. The molecular formula is C25H22N4O2S. The van der Waals surface area contributed by atoms with Gasteiger partial charge in [0.1, 0.15) is 5.82 Å².